The number of nitrogens with zero attached hydrogens (tertiary/aromatic N) is 1. The zero-order chi connectivity index (χ0) is 18.8. The van der Waals surface area contributed by atoms with Crippen molar-refractivity contribution in [3.05, 3.63) is 35.9 Å². The lowest BCUT2D eigenvalue weighted by molar-refractivity contribution is -0.147. The van der Waals surface area contributed by atoms with Crippen LogP contribution in [0.15, 0.2) is 30.3 Å². The molecule has 1 amide bonds. The van der Waals surface area contributed by atoms with Gasteiger partial charge in [-0.15, -0.1) is 0 Å². The van der Waals surface area contributed by atoms with Gasteiger partial charge in [0, 0.05) is 24.0 Å². The highest BCUT2D eigenvalue weighted by molar-refractivity contribution is 5.98. The molecule has 2 rings (SSSR count). The highest BCUT2D eigenvalue weighted by atomic mass is 16.6. The lowest BCUT2D eigenvalue weighted by Gasteiger charge is -2.34. The summed E-state index contributed by atoms with van der Waals surface area (Å²) in [7, 11) is 0. The van der Waals surface area contributed by atoms with Gasteiger partial charge in [-0.25, -0.2) is 4.79 Å². The zero-order valence-corrected chi connectivity index (χ0v) is 16.0. The van der Waals surface area contributed by atoms with Crippen molar-refractivity contribution in [3.8, 4) is 0 Å². The Morgan fingerprint density at radius 2 is 1.72 bits per heavy atom. The number of benzene rings is 1. The maximum Gasteiger partial charge on any atom is 0.331 e. The van der Waals surface area contributed by atoms with Crippen LogP contribution in [0.3, 0.4) is 0 Å². The van der Waals surface area contributed by atoms with Crippen LogP contribution < -0.4 is 0 Å². The second-order valence-electron chi connectivity index (χ2n) is 8.50. The van der Waals surface area contributed by atoms with Gasteiger partial charge in [0.05, 0.1) is 5.60 Å². The summed E-state index contributed by atoms with van der Waals surface area (Å²) in [5.41, 5.74) is -0.114. The number of esters is 1. The van der Waals surface area contributed by atoms with E-state index in [2.05, 4.69) is 0 Å². The lowest BCUT2D eigenvalue weighted by Crippen LogP contribution is -2.48. The molecule has 1 aromatic rings. The minimum atomic E-state index is -0.626. The fourth-order valence-corrected chi connectivity index (χ4v) is 2.83. The Morgan fingerprint density at radius 1 is 1.12 bits per heavy atom. The summed E-state index contributed by atoms with van der Waals surface area (Å²) in [6.45, 7) is 12.2. The Kier molecular flexibility index (Phi) is 5.57. The molecule has 5 heteroatoms. The monoisotopic (exact) mass is 347 g/mol. The van der Waals surface area contributed by atoms with Crippen molar-refractivity contribution in [2.75, 3.05) is 6.61 Å². The van der Waals surface area contributed by atoms with E-state index in [0.717, 1.165) is 0 Å². The number of carbonyl (C=O) groups is 2. The van der Waals surface area contributed by atoms with Gasteiger partial charge in [-0.1, -0.05) is 39.0 Å². The first-order valence-electron chi connectivity index (χ1n) is 8.73. The number of ether oxygens (including phenoxy) is 2. The van der Waals surface area contributed by atoms with Gasteiger partial charge in [0.1, 0.15) is 6.04 Å². The first-order valence-corrected chi connectivity index (χ1v) is 8.73. The predicted octanol–water partition coefficient (Wildman–Crippen LogP) is 3.63. The summed E-state index contributed by atoms with van der Waals surface area (Å²) >= 11 is 0. The normalized spacial score (nSPS) is 21.4. The molecular formula is C20H29NO4. The van der Waals surface area contributed by atoms with E-state index < -0.39 is 12.3 Å². The summed E-state index contributed by atoms with van der Waals surface area (Å²) < 4.78 is 11.3. The van der Waals surface area contributed by atoms with E-state index in [0.29, 0.717) is 18.6 Å². The summed E-state index contributed by atoms with van der Waals surface area (Å²) in [6, 6.07) is 8.38. The van der Waals surface area contributed by atoms with Gasteiger partial charge in [-0.2, -0.15) is 0 Å². The Labute approximate surface area is 150 Å². The number of cyclic esters (lactones) is 1. The molecule has 0 saturated carbocycles. The minimum absolute atomic E-state index is 0.188. The van der Waals surface area contributed by atoms with E-state index in [1.807, 2.05) is 59.7 Å². The van der Waals surface area contributed by atoms with Crippen LogP contribution in [0, 0.1) is 5.41 Å². The van der Waals surface area contributed by atoms with Crippen molar-refractivity contribution in [3.63, 3.8) is 0 Å². The van der Waals surface area contributed by atoms with Gasteiger partial charge in [-0.3, -0.25) is 9.69 Å². The second-order valence-corrected chi connectivity index (χ2v) is 8.50. The quantitative estimate of drug-likeness (QED) is 0.781. The summed E-state index contributed by atoms with van der Waals surface area (Å²) in [5, 5.41) is 0. The summed E-state index contributed by atoms with van der Waals surface area (Å²) in [5.74, 6) is -0.547. The first-order chi connectivity index (χ1) is 11.5. The molecule has 1 fully saturated rings. The SMILES string of the molecule is CC(C)(C)OCC[C@H]1C(=O)O[C@@H](C(C)(C)C)N1C(=O)c1ccccc1. The molecule has 1 aliphatic heterocycles. The molecule has 138 valence electrons. The maximum absolute atomic E-state index is 13.1. The van der Waals surface area contributed by atoms with Gasteiger partial charge in [-0.05, 0) is 32.9 Å². The lowest BCUT2D eigenvalue weighted by atomic mass is 9.92. The number of hydrogen-bond acceptors (Lipinski definition) is 4. The van der Waals surface area contributed by atoms with Crippen molar-refractivity contribution in [2.45, 2.75) is 65.8 Å². The highest BCUT2D eigenvalue weighted by Crippen LogP contribution is 2.34. The van der Waals surface area contributed by atoms with Gasteiger partial charge in [0.2, 0.25) is 0 Å². The Hall–Kier alpha value is -1.88. The minimum Gasteiger partial charge on any atom is -0.439 e. The topological polar surface area (TPSA) is 55.8 Å². The number of rotatable bonds is 4. The Morgan fingerprint density at radius 3 is 2.24 bits per heavy atom. The van der Waals surface area contributed by atoms with Crippen LogP contribution >= 0.6 is 0 Å². The molecule has 1 heterocycles. The highest BCUT2D eigenvalue weighted by Gasteiger charge is 2.49. The third-order valence-corrected chi connectivity index (χ3v) is 4.01. The van der Waals surface area contributed by atoms with Gasteiger partial charge in [0.25, 0.3) is 5.91 Å². The van der Waals surface area contributed by atoms with Crippen molar-refractivity contribution < 1.29 is 19.1 Å². The first kappa shape index (κ1) is 19.4. The van der Waals surface area contributed by atoms with Crippen molar-refractivity contribution in [1.82, 2.24) is 4.90 Å². The molecule has 2 atom stereocenters. The maximum atomic E-state index is 13.1. The molecule has 1 saturated heterocycles. The number of carbonyl (C=O) groups excluding carboxylic acids is 2. The van der Waals surface area contributed by atoms with Crippen LogP contribution in [0.25, 0.3) is 0 Å². The molecule has 1 aliphatic rings. The molecule has 0 aliphatic carbocycles. The largest absolute Gasteiger partial charge is 0.439 e. The fourth-order valence-electron chi connectivity index (χ4n) is 2.83. The van der Waals surface area contributed by atoms with Gasteiger partial charge in [0.15, 0.2) is 6.23 Å². The molecule has 0 radical (unpaired) electrons. The molecule has 0 spiro atoms. The molecule has 0 bridgehead atoms. The van der Waals surface area contributed by atoms with E-state index in [-0.39, 0.29) is 22.9 Å². The van der Waals surface area contributed by atoms with E-state index >= 15 is 0 Å². The van der Waals surface area contributed by atoms with E-state index in [1.165, 1.54) is 0 Å². The number of hydrogen-bond donors (Lipinski definition) is 0. The predicted molar refractivity (Wildman–Crippen MR) is 96.1 cm³/mol. The molecule has 1 aromatic carbocycles. The van der Waals surface area contributed by atoms with Crippen LogP contribution in [0.5, 0.6) is 0 Å². The summed E-state index contributed by atoms with van der Waals surface area (Å²) in [6.07, 6.45) is -0.173. The summed E-state index contributed by atoms with van der Waals surface area (Å²) in [4.78, 5) is 27.1. The number of amides is 1. The van der Waals surface area contributed by atoms with Gasteiger partial charge < -0.3 is 9.47 Å². The molecule has 25 heavy (non-hydrogen) atoms. The van der Waals surface area contributed by atoms with Crippen LogP contribution in [-0.2, 0) is 14.3 Å². The van der Waals surface area contributed by atoms with Crippen LogP contribution in [-0.4, -0.2) is 41.3 Å². The Bertz CT molecular complexity index is 613. The van der Waals surface area contributed by atoms with Crippen molar-refractivity contribution in [2.24, 2.45) is 5.41 Å². The van der Waals surface area contributed by atoms with Crippen molar-refractivity contribution in [1.29, 1.82) is 0 Å². The Balaban J connectivity index is 2.26. The fraction of sp³-hybridized carbons (Fsp3) is 0.600. The average Bonchev–Trinajstić information content (AvgIpc) is 2.83. The third-order valence-electron chi connectivity index (χ3n) is 4.01. The molecule has 5 nitrogen and oxygen atoms in total. The zero-order valence-electron chi connectivity index (χ0n) is 16.0. The molecule has 0 aromatic heterocycles. The average molecular weight is 347 g/mol. The van der Waals surface area contributed by atoms with Gasteiger partial charge >= 0.3 is 5.97 Å². The van der Waals surface area contributed by atoms with Crippen LogP contribution in [0.4, 0.5) is 0 Å². The smallest absolute Gasteiger partial charge is 0.331 e. The standard InChI is InChI=1S/C20H29NO4/c1-19(2,3)18-21(16(22)14-10-8-7-9-11-14)15(17(23)25-18)12-13-24-20(4,5)6/h7-11,15,18H,12-13H2,1-6H3/t15-,18-/m0/s1. The van der Waals surface area contributed by atoms with Crippen molar-refractivity contribution >= 4 is 11.9 Å². The molecule has 0 unspecified atom stereocenters. The second kappa shape index (κ2) is 7.16. The van der Waals surface area contributed by atoms with E-state index in [9.17, 15) is 9.59 Å². The molecule has 0 N–H and O–H groups in total. The van der Waals surface area contributed by atoms with Crippen LogP contribution in [0.2, 0.25) is 0 Å². The van der Waals surface area contributed by atoms with Crippen LogP contribution in [0.1, 0.15) is 58.3 Å². The van der Waals surface area contributed by atoms with E-state index in [4.69, 9.17) is 9.47 Å². The molecular weight excluding hydrogens is 318 g/mol. The third kappa shape index (κ3) is 4.82. The van der Waals surface area contributed by atoms with E-state index in [1.54, 1.807) is 17.0 Å².